The first kappa shape index (κ1) is 17.3. The van der Waals surface area contributed by atoms with Crippen LogP contribution in [0.4, 0.5) is 5.82 Å². The second kappa shape index (κ2) is 7.61. The van der Waals surface area contributed by atoms with Gasteiger partial charge in [0, 0.05) is 44.6 Å². The lowest BCUT2D eigenvalue weighted by molar-refractivity contribution is -0.133. The van der Waals surface area contributed by atoms with Gasteiger partial charge >= 0.3 is 0 Å². The molecule has 2 fully saturated rings. The molecule has 0 N–H and O–H groups in total. The molecule has 0 saturated carbocycles. The Labute approximate surface area is 154 Å². The molecule has 2 aliphatic rings. The molecule has 7 heteroatoms. The van der Waals surface area contributed by atoms with Gasteiger partial charge in [0.2, 0.25) is 5.91 Å². The van der Waals surface area contributed by atoms with Crippen LogP contribution in [0.25, 0.3) is 5.65 Å². The van der Waals surface area contributed by atoms with Gasteiger partial charge < -0.3 is 9.80 Å². The number of hydrogen-bond acceptors (Lipinski definition) is 5. The third kappa shape index (κ3) is 3.53. The van der Waals surface area contributed by atoms with Crippen molar-refractivity contribution < 1.29 is 4.79 Å². The van der Waals surface area contributed by atoms with Gasteiger partial charge in [0.05, 0.1) is 6.54 Å². The average Bonchev–Trinajstić information content (AvgIpc) is 3.16. The third-order valence-corrected chi connectivity index (χ3v) is 5.76. The Morgan fingerprint density at radius 1 is 1.15 bits per heavy atom. The SMILES string of the molecule is CCC1CCCCN1CC(=O)N1CCN(c2ccc3nccn3n2)CC1. The van der Waals surface area contributed by atoms with E-state index in [9.17, 15) is 4.79 Å². The van der Waals surface area contributed by atoms with Crippen LogP contribution in [0.15, 0.2) is 24.5 Å². The second-order valence-corrected chi connectivity index (χ2v) is 7.32. The van der Waals surface area contributed by atoms with E-state index in [2.05, 4.69) is 26.8 Å². The van der Waals surface area contributed by atoms with E-state index < -0.39 is 0 Å². The maximum Gasteiger partial charge on any atom is 0.236 e. The highest BCUT2D eigenvalue weighted by atomic mass is 16.2. The highest BCUT2D eigenvalue weighted by Gasteiger charge is 2.27. The zero-order valence-electron chi connectivity index (χ0n) is 15.5. The van der Waals surface area contributed by atoms with Gasteiger partial charge in [-0.1, -0.05) is 13.3 Å². The normalized spacial score (nSPS) is 22.1. The lowest BCUT2D eigenvalue weighted by Gasteiger charge is -2.39. The van der Waals surface area contributed by atoms with Gasteiger partial charge in [0.1, 0.15) is 5.82 Å². The van der Waals surface area contributed by atoms with E-state index in [0.717, 1.165) is 50.6 Å². The van der Waals surface area contributed by atoms with E-state index in [4.69, 9.17) is 0 Å². The van der Waals surface area contributed by atoms with Crippen LogP contribution >= 0.6 is 0 Å². The maximum atomic E-state index is 12.7. The van der Waals surface area contributed by atoms with E-state index in [1.807, 2.05) is 23.2 Å². The minimum absolute atomic E-state index is 0.281. The standard InChI is InChI=1S/C19H28N6O/c1-2-16-5-3-4-9-24(16)15-19(26)23-13-11-22(12-14-23)18-7-6-17-20-8-10-25(17)21-18/h6-8,10,16H,2-5,9,11-15H2,1H3. The van der Waals surface area contributed by atoms with Crippen molar-refractivity contribution in [3.8, 4) is 0 Å². The van der Waals surface area contributed by atoms with Crippen molar-refractivity contribution in [1.29, 1.82) is 0 Å². The summed E-state index contributed by atoms with van der Waals surface area (Å²) < 4.78 is 1.80. The van der Waals surface area contributed by atoms with Crippen LogP contribution in [0.1, 0.15) is 32.6 Å². The zero-order valence-corrected chi connectivity index (χ0v) is 15.5. The number of carbonyl (C=O) groups excluding carboxylic acids is 1. The Bertz CT molecular complexity index is 751. The molecule has 2 aromatic rings. The number of carbonyl (C=O) groups is 1. The van der Waals surface area contributed by atoms with Gasteiger partial charge in [-0.15, -0.1) is 5.10 Å². The molecule has 0 spiro atoms. The van der Waals surface area contributed by atoms with Gasteiger partial charge in [0.25, 0.3) is 0 Å². The second-order valence-electron chi connectivity index (χ2n) is 7.32. The minimum Gasteiger partial charge on any atom is -0.352 e. The third-order valence-electron chi connectivity index (χ3n) is 5.76. The molecule has 0 aromatic carbocycles. The van der Waals surface area contributed by atoms with Crippen molar-refractivity contribution in [2.45, 2.75) is 38.6 Å². The molecule has 2 aromatic heterocycles. The smallest absolute Gasteiger partial charge is 0.236 e. The predicted octanol–water partition coefficient (Wildman–Crippen LogP) is 1.64. The van der Waals surface area contributed by atoms with Gasteiger partial charge in [-0.2, -0.15) is 0 Å². The van der Waals surface area contributed by atoms with Crippen LogP contribution in [0, 0.1) is 0 Å². The molecule has 4 rings (SSSR count). The number of rotatable bonds is 4. The summed E-state index contributed by atoms with van der Waals surface area (Å²) in [5.41, 5.74) is 0.856. The van der Waals surface area contributed by atoms with Crippen molar-refractivity contribution in [3.05, 3.63) is 24.5 Å². The summed E-state index contributed by atoms with van der Waals surface area (Å²) in [6, 6.07) is 4.58. The Balaban J connectivity index is 1.33. The number of hydrogen-bond donors (Lipinski definition) is 0. The van der Waals surface area contributed by atoms with Crippen molar-refractivity contribution in [2.24, 2.45) is 0 Å². The highest BCUT2D eigenvalue weighted by Crippen LogP contribution is 2.20. The van der Waals surface area contributed by atoms with E-state index in [1.165, 1.54) is 19.3 Å². The maximum absolute atomic E-state index is 12.7. The molecule has 140 valence electrons. The van der Waals surface area contributed by atoms with Crippen LogP contribution in [-0.4, -0.2) is 75.6 Å². The fraction of sp³-hybridized carbons (Fsp3) is 0.632. The molecule has 26 heavy (non-hydrogen) atoms. The van der Waals surface area contributed by atoms with E-state index >= 15 is 0 Å². The summed E-state index contributed by atoms with van der Waals surface area (Å²) in [5, 5.41) is 4.61. The molecule has 1 amide bonds. The van der Waals surface area contributed by atoms with Crippen molar-refractivity contribution in [3.63, 3.8) is 0 Å². The number of piperazine rings is 1. The van der Waals surface area contributed by atoms with Crippen molar-refractivity contribution in [1.82, 2.24) is 24.4 Å². The number of imidazole rings is 1. The molecule has 0 aliphatic carbocycles. The lowest BCUT2D eigenvalue weighted by Crippen LogP contribution is -2.53. The van der Waals surface area contributed by atoms with Gasteiger partial charge in [-0.05, 0) is 37.9 Å². The summed E-state index contributed by atoms with van der Waals surface area (Å²) in [4.78, 5) is 23.6. The zero-order chi connectivity index (χ0) is 17.9. The van der Waals surface area contributed by atoms with E-state index in [0.29, 0.717) is 12.6 Å². The number of aromatic nitrogens is 3. The molecule has 2 aliphatic heterocycles. The topological polar surface area (TPSA) is 57.0 Å². The Morgan fingerprint density at radius 2 is 2.00 bits per heavy atom. The predicted molar refractivity (Wildman–Crippen MR) is 101 cm³/mol. The molecule has 2 saturated heterocycles. The van der Waals surface area contributed by atoms with Crippen molar-refractivity contribution in [2.75, 3.05) is 44.2 Å². The lowest BCUT2D eigenvalue weighted by atomic mass is 10.00. The number of likely N-dealkylation sites (tertiary alicyclic amines) is 1. The summed E-state index contributed by atoms with van der Waals surface area (Å²) >= 11 is 0. The largest absolute Gasteiger partial charge is 0.352 e. The number of nitrogens with zero attached hydrogens (tertiary/aromatic N) is 6. The van der Waals surface area contributed by atoms with Crippen LogP contribution in [0.5, 0.6) is 0 Å². The van der Waals surface area contributed by atoms with E-state index in [-0.39, 0.29) is 5.91 Å². The summed E-state index contributed by atoms with van der Waals surface area (Å²) in [5.74, 6) is 1.23. The van der Waals surface area contributed by atoms with Gasteiger partial charge in [0.15, 0.2) is 5.65 Å². The molecular weight excluding hydrogens is 328 g/mol. The monoisotopic (exact) mass is 356 g/mol. The fourth-order valence-corrected chi connectivity index (χ4v) is 4.16. The highest BCUT2D eigenvalue weighted by molar-refractivity contribution is 5.78. The molecule has 0 radical (unpaired) electrons. The average molecular weight is 356 g/mol. The van der Waals surface area contributed by atoms with Crippen LogP contribution in [0.3, 0.4) is 0 Å². The van der Waals surface area contributed by atoms with E-state index in [1.54, 1.807) is 10.7 Å². The van der Waals surface area contributed by atoms with Crippen LogP contribution < -0.4 is 4.90 Å². The summed E-state index contributed by atoms with van der Waals surface area (Å²) in [6.45, 7) is 7.08. The molecule has 1 unspecified atom stereocenters. The molecule has 0 bridgehead atoms. The summed E-state index contributed by atoms with van der Waals surface area (Å²) in [6.07, 6.45) is 8.52. The first-order chi connectivity index (χ1) is 12.7. The van der Waals surface area contributed by atoms with Gasteiger partial charge in [-0.25, -0.2) is 9.50 Å². The van der Waals surface area contributed by atoms with Crippen molar-refractivity contribution >= 4 is 17.4 Å². The van der Waals surface area contributed by atoms with Gasteiger partial charge in [-0.3, -0.25) is 9.69 Å². The van der Waals surface area contributed by atoms with Crippen LogP contribution in [0.2, 0.25) is 0 Å². The first-order valence-corrected chi connectivity index (χ1v) is 9.82. The molecule has 7 nitrogen and oxygen atoms in total. The summed E-state index contributed by atoms with van der Waals surface area (Å²) in [7, 11) is 0. The quantitative estimate of drug-likeness (QED) is 0.834. The molecule has 4 heterocycles. The first-order valence-electron chi connectivity index (χ1n) is 9.82. The number of fused-ring (bicyclic) bond motifs is 1. The molecule has 1 atom stereocenters. The number of amides is 1. The Kier molecular flexibility index (Phi) is 5.06. The number of piperidine rings is 1. The Hall–Kier alpha value is -2.15. The fourth-order valence-electron chi connectivity index (χ4n) is 4.16. The van der Waals surface area contributed by atoms with Crippen LogP contribution in [-0.2, 0) is 4.79 Å². The minimum atomic E-state index is 0.281. The Morgan fingerprint density at radius 3 is 2.81 bits per heavy atom. The molecular formula is C19H28N6O. The number of anilines is 1.